The van der Waals surface area contributed by atoms with E-state index >= 15 is 0 Å². The Bertz CT molecular complexity index is 163. The molecule has 0 aliphatic carbocycles. The molecule has 0 bridgehead atoms. The Morgan fingerprint density at radius 2 is 1.93 bits per heavy atom. The first-order valence-corrected chi connectivity index (χ1v) is 5.88. The smallest absolute Gasteiger partial charge is 0.410 e. The average molecular weight is 216 g/mol. The first-order valence-electron chi connectivity index (χ1n) is 5.88. The van der Waals surface area contributed by atoms with Crippen LogP contribution in [0.5, 0.6) is 0 Å². The summed E-state index contributed by atoms with van der Waals surface area (Å²) in [5.41, 5.74) is 5.44. The molecule has 0 aromatic heterocycles. The minimum Gasteiger partial charge on any atom is -0.449 e. The molecule has 0 saturated carbocycles. The van der Waals surface area contributed by atoms with Crippen LogP contribution in [0, 0.1) is 0 Å². The molecule has 0 aliphatic rings. The predicted octanol–water partition coefficient (Wildman–Crippen LogP) is 2.33. The number of rotatable bonds is 8. The zero-order valence-electron chi connectivity index (χ0n) is 10.00. The number of carbonyl (C=O) groups excluding carboxylic acids is 1. The summed E-state index contributed by atoms with van der Waals surface area (Å²) in [5, 5.41) is 0. The van der Waals surface area contributed by atoms with Crippen LogP contribution in [0.2, 0.25) is 0 Å². The SMILES string of the molecule is CCCCCCOC(=O)N(CN)CCC. The van der Waals surface area contributed by atoms with Gasteiger partial charge < -0.3 is 10.5 Å². The maximum atomic E-state index is 11.4. The maximum absolute atomic E-state index is 11.4. The van der Waals surface area contributed by atoms with Gasteiger partial charge in [-0.25, -0.2) is 4.79 Å². The van der Waals surface area contributed by atoms with Crippen LogP contribution in [0.25, 0.3) is 0 Å². The molecule has 15 heavy (non-hydrogen) atoms. The lowest BCUT2D eigenvalue weighted by molar-refractivity contribution is 0.101. The van der Waals surface area contributed by atoms with E-state index in [4.69, 9.17) is 10.5 Å². The van der Waals surface area contributed by atoms with Crippen LogP contribution in [0.3, 0.4) is 0 Å². The van der Waals surface area contributed by atoms with E-state index in [-0.39, 0.29) is 12.8 Å². The Morgan fingerprint density at radius 1 is 1.20 bits per heavy atom. The molecule has 0 atom stereocenters. The highest BCUT2D eigenvalue weighted by Gasteiger charge is 2.10. The molecule has 0 aromatic rings. The molecule has 4 heteroatoms. The number of carbonyl (C=O) groups is 1. The second-order valence-corrected chi connectivity index (χ2v) is 3.62. The van der Waals surface area contributed by atoms with Gasteiger partial charge in [-0.3, -0.25) is 4.90 Å². The van der Waals surface area contributed by atoms with E-state index < -0.39 is 0 Å². The first kappa shape index (κ1) is 14.2. The third-order valence-electron chi connectivity index (χ3n) is 2.20. The van der Waals surface area contributed by atoms with E-state index in [0.29, 0.717) is 13.2 Å². The Labute approximate surface area is 92.8 Å². The number of amides is 1. The van der Waals surface area contributed by atoms with Crippen molar-refractivity contribution in [3.05, 3.63) is 0 Å². The molecule has 0 aliphatic heterocycles. The number of nitrogens with two attached hydrogens (primary N) is 1. The van der Waals surface area contributed by atoms with E-state index in [9.17, 15) is 4.79 Å². The van der Waals surface area contributed by atoms with Gasteiger partial charge in [0.1, 0.15) is 0 Å². The second-order valence-electron chi connectivity index (χ2n) is 3.62. The molecule has 0 fully saturated rings. The largest absolute Gasteiger partial charge is 0.449 e. The van der Waals surface area contributed by atoms with Crippen LogP contribution in [0.15, 0.2) is 0 Å². The summed E-state index contributed by atoms with van der Waals surface area (Å²) >= 11 is 0. The molecule has 0 unspecified atom stereocenters. The van der Waals surface area contributed by atoms with E-state index in [1.807, 2.05) is 6.92 Å². The van der Waals surface area contributed by atoms with Crippen molar-refractivity contribution >= 4 is 6.09 Å². The lowest BCUT2D eigenvalue weighted by Gasteiger charge is -2.19. The summed E-state index contributed by atoms with van der Waals surface area (Å²) in [6.45, 7) is 5.59. The van der Waals surface area contributed by atoms with Crippen molar-refractivity contribution in [2.24, 2.45) is 5.73 Å². The lowest BCUT2D eigenvalue weighted by Crippen LogP contribution is -2.37. The quantitative estimate of drug-likeness (QED) is 0.500. The van der Waals surface area contributed by atoms with Crippen molar-refractivity contribution in [2.75, 3.05) is 19.8 Å². The third kappa shape index (κ3) is 7.19. The van der Waals surface area contributed by atoms with Crippen molar-refractivity contribution < 1.29 is 9.53 Å². The molecule has 0 spiro atoms. The standard InChI is InChI=1S/C11H24N2O2/c1-3-5-6-7-9-15-11(14)13(10-12)8-4-2/h3-10,12H2,1-2H3. The number of hydrogen-bond acceptors (Lipinski definition) is 3. The highest BCUT2D eigenvalue weighted by molar-refractivity contribution is 5.67. The van der Waals surface area contributed by atoms with Gasteiger partial charge in [-0.1, -0.05) is 33.1 Å². The van der Waals surface area contributed by atoms with Crippen LogP contribution < -0.4 is 5.73 Å². The van der Waals surface area contributed by atoms with E-state index in [2.05, 4.69) is 6.92 Å². The monoisotopic (exact) mass is 216 g/mol. The van der Waals surface area contributed by atoms with Gasteiger partial charge in [0.2, 0.25) is 0 Å². The zero-order chi connectivity index (χ0) is 11.5. The normalized spacial score (nSPS) is 10.1. The van der Waals surface area contributed by atoms with Crippen molar-refractivity contribution in [3.63, 3.8) is 0 Å². The maximum Gasteiger partial charge on any atom is 0.410 e. The Kier molecular flexibility index (Phi) is 9.27. The third-order valence-corrected chi connectivity index (χ3v) is 2.20. The Hall–Kier alpha value is -0.770. The number of nitrogens with zero attached hydrogens (tertiary/aromatic N) is 1. The molecule has 0 rings (SSSR count). The van der Waals surface area contributed by atoms with Crippen molar-refractivity contribution in [3.8, 4) is 0 Å². The van der Waals surface area contributed by atoms with Crippen LogP contribution in [-0.4, -0.2) is 30.8 Å². The molecular formula is C11H24N2O2. The van der Waals surface area contributed by atoms with E-state index in [1.165, 1.54) is 17.7 Å². The Balaban J connectivity index is 3.53. The van der Waals surface area contributed by atoms with Gasteiger partial charge in [0.25, 0.3) is 0 Å². The summed E-state index contributed by atoms with van der Waals surface area (Å²) in [6.07, 6.45) is 5.09. The summed E-state index contributed by atoms with van der Waals surface area (Å²) in [5.74, 6) is 0. The second kappa shape index (κ2) is 9.77. The van der Waals surface area contributed by atoms with Gasteiger partial charge in [0, 0.05) is 6.54 Å². The molecule has 0 radical (unpaired) electrons. The fourth-order valence-corrected chi connectivity index (χ4v) is 1.31. The average Bonchev–Trinajstić information content (AvgIpc) is 2.25. The van der Waals surface area contributed by atoms with Crippen molar-refractivity contribution in [1.82, 2.24) is 4.90 Å². The molecular weight excluding hydrogens is 192 g/mol. The van der Waals surface area contributed by atoms with Crippen LogP contribution >= 0.6 is 0 Å². The van der Waals surface area contributed by atoms with Gasteiger partial charge in [-0.15, -0.1) is 0 Å². The molecule has 90 valence electrons. The summed E-state index contributed by atoms with van der Waals surface area (Å²) in [4.78, 5) is 12.9. The van der Waals surface area contributed by atoms with Gasteiger partial charge in [0.15, 0.2) is 0 Å². The highest BCUT2D eigenvalue weighted by atomic mass is 16.6. The molecule has 0 saturated heterocycles. The Morgan fingerprint density at radius 3 is 2.47 bits per heavy atom. The van der Waals surface area contributed by atoms with Crippen molar-refractivity contribution in [1.29, 1.82) is 0 Å². The fourth-order valence-electron chi connectivity index (χ4n) is 1.31. The molecule has 1 amide bonds. The first-order chi connectivity index (χ1) is 7.26. The van der Waals surface area contributed by atoms with Gasteiger partial charge in [-0.05, 0) is 12.8 Å². The highest BCUT2D eigenvalue weighted by Crippen LogP contribution is 2.01. The molecule has 0 heterocycles. The van der Waals surface area contributed by atoms with Crippen molar-refractivity contribution in [2.45, 2.75) is 46.0 Å². The summed E-state index contributed by atoms with van der Waals surface area (Å²) < 4.78 is 5.10. The fraction of sp³-hybridized carbons (Fsp3) is 0.909. The molecule has 0 aromatic carbocycles. The van der Waals surface area contributed by atoms with Gasteiger partial charge in [0.05, 0.1) is 13.3 Å². The number of ether oxygens (including phenoxy) is 1. The van der Waals surface area contributed by atoms with Crippen LogP contribution in [-0.2, 0) is 4.74 Å². The minimum absolute atomic E-state index is 0.238. The summed E-state index contributed by atoms with van der Waals surface area (Å²) in [7, 11) is 0. The minimum atomic E-state index is -0.282. The summed E-state index contributed by atoms with van der Waals surface area (Å²) in [6, 6.07) is 0. The van der Waals surface area contributed by atoms with Gasteiger partial charge in [-0.2, -0.15) is 0 Å². The topological polar surface area (TPSA) is 55.6 Å². The zero-order valence-corrected chi connectivity index (χ0v) is 10.00. The molecule has 2 N–H and O–H groups in total. The van der Waals surface area contributed by atoms with E-state index in [0.717, 1.165) is 19.3 Å². The van der Waals surface area contributed by atoms with E-state index in [1.54, 1.807) is 0 Å². The predicted molar refractivity (Wildman–Crippen MR) is 61.5 cm³/mol. The van der Waals surface area contributed by atoms with Crippen LogP contribution in [0.1, 0.15) is 46.0 Å². The molecule has 4 nitrogen and oxygen atoms in total. The number of unbranched alkanes of at least 4 members (excludes halogenated alkanes) is 3. The van der Waals surface area contributed by atoms with Crippen LogP contribution in [0.4, 0.5) is 4.79 Å². The van der Waals surface area contributed by atoms with Gasteiger partial charge >= 0.3 is 6.09 Å². The lowest BCUT2D eigenvalue weighted by atomic mass is 10.2. The number of hydrogen-bond donors (Lipinski definition) is 1.